The lowest BCUT2D eigenvalue weighted by molar-refractivity contribution is 0.541. The van der Waals surface area contributed by atoms with Crippen LogP contribution in [0.4, 0.5) is 4.39 Å². The second-order valence-electron chi connectivity index (χ2n) is 4.23. The lowest BCUT2D eigenvalue weighted by Gasteiger charge is -2.11. The first kappa shape index (κ1) is 11.8. The lowest BCUT2D eigenvalue weighted by atomic mass is 10.0. The van der Waals surface area contributed by atoms with E-state index in [2.05, 4.69) is 12.0 Å². The van der Waals surface area contributed by atoms with E-state index >= 15 is 0 Å². The number of nitrogens with two attached hydrogens (primary N) is 1. The quantitative estimate of drug-likeness (QED) is 0.880. The van der Waals surface area contributed by atoms with Crippen molar-refractivity contribution < 1.29 is 4.39 Å². The van der Waals surface area contributed by atoms with Crippen LogP contribution in [0.5, 0.6) is 0 Å². The van der Waals surface area contributed by atoms with Crippen LogP contribution in [0.2, 0.25) is 0 Å². The zero-order chi connectivity index (χ0) is 12.3. The maximum atomic E-state index is 12.8. The van der Waals surface area contributed by atoms with Gasteiger partial charge in [-0.15, -0.1) is 0 Å². The fourth-order valence-corrected chi connectivity index (χ4v) is 1.79. The molecule has 0 aliphatic carbocycles. The average molecular weight is 233 g/mol. The van der Waals surface area contributed by atoms with Gasteiger partial charge in [0.1, 0.15) is 5.82 Å². The molecule has 1 aromatic carbocycles. The zero-order valence-corrected chi connectivity index (χ0v) is 9.81. The monoisotopic (exact) mass is 233 g/mol. The van der Waals surface area contributed by atoms with Crippen molar-refractivity contribution in [2.75, 3.05) is 0 Å². The topological polar surface area (TPSA) is 43.8 Å². The highest BCUT2D eigenvalue weighted by Crippen LogP contribution is 2.17. The van der Waals surface area contributed by atoms with Crippen molar-refractivity contribution in [1.29, 1.82) is 0 Å². The predicted molar refractivity (Wildman–Crippen MR) is 64.9 cm³/mol. The molecule has 3 nitrogen and oxygen atoms in total. The molecule has 0 amide bonds. The molecule has 0 aliphatic heterocycles. The van der Waals surface area contributed by atoms with E-state index in [9.17, 15) is 4.39 Å². The SMILES string of the molecule is CC(Cn1cc(CN)cn1)c1ccc(F)cc1. The lowest BCUT2D eigenvalue weighted by Crippen LogP contribution is -2.06. The third kappa shape index (κ3) is 2.91. The summed E-state index contributed by atoms with van der Waals surface area (Å²) in [7, 11) is 0. The van der Waals surface area contributed by atoms with Crippen LogP contribution in [0.3, 0.4) is 0 Å². The summed E-state index contributed by atoms with van der Waals surface area (Å²) in [6.07, 6.45) is 3.72. The number of nitrogens with zero attached hydrogens (tertiary/aromatic N) is 2. The number of rotatable bonds is 4. The maximum Gasteiger partial charge on any atom is 0.123 e. The van der Waals surface area contributed by atoms with Crippen molar-refractivity contribution in [1.82, 2.24) is 9.78 Å². The largest absolute Gasteiger partial charge is 0.326 e. The predicted octanol–water partition coefficient (Wildman–Crippen LogP) is 2.28. The molecule has 0 aliphatic rings. The summed E-state index contributed by atoms with van der Waals surface area (Å²) in [4.78, 5) is 0. The summed E-state index contributed by atoms with van der Waals surface area (Å²) in [5.74, 6) is 0.0894. The Morgan fingerprint density at radius 2 is 2.06 bits per heavy atom. The number of aromatic nitrogens is 2. The third-order valence-corrected chi connectivity index (χ3v) is 2.82. The van der Waals surface area contributed by atoms with E-state index in [1.165, 1.54) is 12.1 Å². The van der Waals surface area contributed by atoms with Gasteiger partial charge >= 0.3 is 0 Å². The van der Waals surface area contributed by atoms with E-state index in [1.807, 2.05) is 23.0 Å². The summed E-state index contributed by atoms with van der Waals surface area (Å²) in [5, 5.41) is 4.23. The Labute approximate surface area is 100 Å². The second kappa shape index (κ2) is 5.10. The van der Waals surface area contributed by atoms with Gasteiger partial charge in [-0.25, -0.2) is 4.39 Å². The van der Waals surface area contributed by atoms with Gasteiger partial charge in [0.25, 0.3) is 0 Å². The molecule has 2 rings (SSSR count). The molecule has 0 bridgehead atoms. The van der Waals surface area contributed by atoms with Crippen LogP contribution >= 0.6 is 0 Å². The van der Waals surface area contributed by atoms with E-state index in [0.29, 0.717) is 12.5 Å². The van der Waals surface area contributed by atoms with Crippen molar-refractivity contribution >= 4 is 0 Å². The summed E-state index contributed by atoms with van der Waals surface area (Å²) < 4.78 is 14.7. The fourth-order valence-electron chi connectivity index (χ4n) is 1.79. The number of halogens is 1. The summed E-state index contributed by atoms with van der Waals surface area (Å²) in [6, 6.07) is 6.60. The normalized spacial score (nSPS) is 12.6. The molecule has 2 aromatic rings. The van der Waals surface area contributed by atoms with Crippen molar-refractivity contribution in [3.8, 4) is 0 Å². The molecule has 17 heavy (non-hydrogen) atoms. The molecule has 1 heterocycles. The van der Waals surface area contributed by atoms with Crippen molar-refractivity contribution in [2.45, 2.75) is 25.9 Å². The highest BCUT2D eigenvalue weighted by Gasteiger charge is 2.07. The number of benzene rings is 1. The molecule has 1 aromatic heterocycles. The van der Waals surface area contributed by atoms with E-state index in [0.717, 1.165) is 17.7 Å². The molecular weight excluding hydrogens is 217 g/mol. The molecule has 1 atom stereocenters. The van der Waals surface area contributed by atoms with Crippen molar-refractivity contribution in [2.24, 2.45) is 5.73 Å². The van der Waals surface area contributed by atoms with Crippen LogP contribution in [-0.2, 0) is 13.1 Å². The van der Waals surface area contributed by atoms with E-state index in [4.69, 9.17) is 5.73 Å². The van der Waals surface area contributed by atoms with Crippen molar-refractivity contribution in [3.05, 3.63) is 53.6 Å². The van der Waals surface area contributed by atoms with E-state index in [-0.39, 0.29) is 5.82 Å². The van der Waals surface area contributed by atoms with Crippen LogP contribution in [-0.4, -0.2) is 9.78 Å². The summed E-state index contributed by atoms with van der Waals surface area (Å²) in [5.41, 5.74) is 7.66. The molecule has 0 fully saturated rings. The summed E-state index contributed by atoms with van der Waals surface area (Å²) >= 11 is 0. The van der Waals surface area contributed by atoms with Crippen LogP contribution < -0.4 is 5.73 Å². The maximum absolute atomic E-state index is 12.8. The first-order chi connectivity index (χ1) is 8.19. The van der Waals surface area contributed by atoms with E-state index in [1.54, 1.807) is 6.20 Å². The van der Waals surface area contributed by atoms with Crippen molar-refractivity contribution in [3.63, 3.8) is 0 Å². The van der Waals surface area contributed by atoms with E-state index < -0.39 is 0 Å². The van der Waals surface area contributed by atoms with Crippen LogP contribution in [0, 0.1) is 5.82 Å². The highest BCUT2D eigenvalue weighted by atomic mass is 19.1. The molecule has 0 radical (unpaired) electrons. The molecule has 0 saturated heterocycles. The zero-order valence-electron chi connectivity index (χ0n) is 9.81. The van der Waals surface area contributed by atoms with Crippen LogP contribution in [0.15, 0.2) is 36.7 Å². The van der Waals surface area contributed by atoms with Gasteiger partial charge < -0.3 is 5.73 Å². The highest BCUT2D eigenvalue weighted by molar-refractivity contribution is 5.19. The molecule has 0 saturated carbocycles. The smallest absolute Gasteiger partial charge is 0.123 e. The van der Waals surface area contributed by atoms with Crippen LogP contribution in [0.25, 0.3) is 0 Å². The van der Waals surface area contributed by atoms with Gasteiger partial charge in [0.15, 0.2) is 0 Å². The van der Waals surface area contributed by atoms with Gasteiger partial charge in [-0.2, -0.15) is 5.10 Å². The Balaban J connectivity index is 2.05. The number of hydrogen-bond donors (Lipinski definition) is 1. The standard InChI is InChI=1S/C13H16FN3/c1-10(12-2-4-13(14)5-3-12)8-17-9-11(6-15)7-16-17/h2-5,7,9-10H,6,8,15H2,1H3. The fraction of sp³-hybridized carbons (Fsp3) is 0.308. The van der Waals surface area contributed by atoms with Gasteiger partial charge in [-0.1, -0.05) is 19.1 Å². The molecule has 4 heteroatoms. The van der Waals surface area contributed by atoms with Gasteiger partial charge in [0.2, 0.25) is 0 Å². The molecule has 2 N–H and O–H groups in total. The average Bonchev–Trinajstić information content (AvgIpc) is 2.77. The first-order valence-electron chi connectivity index (χ1n) is 5.66. The number of hydrogen-bond acceptors (Lipinski definition) is 2. The molecule has 0 spiro atoms. The summed E-state index contributed by atoms with van der Waals surface area (Å²) in [6.45, 7) is 3.37. The van der Waals surface area contributed by atoms with Crippen LogP contribution in [0.1, 0.15) is 24.0 Å². The Hall–Kier alpha value is -1.68. The Bertz CT molecular complexity index is 476. The van der Waals surface area contributed by atoms with Gasteiger partial charge in [0, 0.05) is 30.8 Å². The third-order valence-electron chi connectivity index (χ3n) is 2.82. The molecule has 1 unspecified atom stereocenters. The Morgan fingerprint density at radius 3 is 2.65 bits per heavy atom. The second-order valence-corrected chi connectivity index (χ2v) is 4.23. The molecule has 90 valence electrons. The first-order valence-corrected chi connectivity index (χ1v) is 5.66. The Morgan fingerprint density at radius 1 is 1.35 bits per heavy atom. The minimum Gasteiger partial charge on any atom is -0.326 e. The molecular formula is C13H16FN3. The van der Waals surface area contributed by atoms with Gasteiger partial charge in [-0.05, 0) is 17.7 Å². The minimum absolute atomic E-state index is 0.203. The van der Waals surface area contributed by atoms with Gasteiger partial charge in [0.05, 0.1) is 6.20 Å². The van der Waals surface area contributed by atoms with Gasteiger partial charge in [-0.3, -0.25) is 4.68 Å². The minimum atomic E-state index is -0.203. The Kier molecular flexibility index (Phi) is 3.54.